The molecule has 6 heteroatoms. The van der Waals surface area contributed by atoms with Crippen LogP contribution in [0.1, 0.15) is 12.0 Å². The summed E-state index contributed by atoms with van der Waals surface area (Å²) in [6.07, 6.45) is 0.144. The maximum absolute atomic E-state index is 10.7. The van der Waals surface area contributed by atoms with Gasteiger partial charge < -0.3 is 11.1 Å². The van der Waals surface area contributed by atoms with Crippen molar-refractivity contribution in [3.8, 4) is 0 Å². The summed E-state index contributed by atoms with van der Waals surface area (Å²) >= 11 is 0. The highest BCUT2D eigenvalue weighted by Crippen LogP contribution is 2.24. The molecule has 0 bridgehead atoms. The van der Waals surface area contributed by atoms with E-state index in [2.05, 4.69) is 5.32 Å². The standard InChI is InChI=1S/C10H13N3O3/c1-7-2-3-9(13(15)16)8(6-7)12-5-4-10(11)14/h2-3,6,12H,4-5H2,1H3,(H2,11,14). The molecule has 0 saturated heterocycles. The van der Waals surface area contributed by atoms with E-state index in [0.717, 1.165) is 5.56 Å². The molecular formula is C10H13N3O3. The van der Waals surface area contributed by atoms with Gasteiger partial charge in [0.05, 0.1) is 4.92 Å². The van der Waals surface area contributed by atoms with Gasteiger partial charge in [-0.25, -0.2) is 0 Å². The molecule has 1 rings (SSSR count). The minimum atomic E-state index is -0.466. The molecular weight excluding hydrogens is 210 g/mol. The van der Waals surface area contributed by atoms with Gasteiger partial charge in [-0.1, -0.05) is 6.07 Å². The number of benzene rings is 1. The number of hydrogen-bond donors (Lipinski definition) is 2. The molecule has 0 saturated carbocycles. The third-order valence-electron chi connectivity index (χ3n) is 2.04. The molecule has 3 N–H and O–H groups in total. The second-order valence-corrected chi connectivity index (χ2v) is 3.42. The number of nitro groups is 1. The first kappa shape index (κ1) is 12.0. The highest BCUT2D eigenvalue weighted by molar-refractivity contribution is 5.74. The molecule has 16 heavy (non-hydrogen) atoms. The lowest BCUT2D eigenvalue weighted by Gasteiger charge is -2.06. The predicted molar refractivity (Wildman–Crippen MR) is 60.1 cm³/mol. The minimum Gasteiger partial charge on any atom is -0.379 e. The zero-order valence-electron chi connectivity index (χ0n) is 8.90. The molecule has 0 aliphatic rings. The van der Waals surface area contributed by atoms with Gasteiger partial charge in [0.1, 0.15) is 5.69 Å². The minimum absolute atomic E-state index is 0.00456. The van der Waals surface area contributed by atoms with Gasteiger partial charge in [-0.05, 0) is 18.6 Å². The van der Waals surface area contributed by atoms with E-state index in [1.165, 1.54) is 6.07 Å². The fourth-order valence-electron chi connectivity index (χ4n) is 1.27. The molecule has 0 atom stereocenters. The summed E-state index contributed by atoms with van der Waals surface area (Å²) in [5.74, 6) is -0.442. The monoisotopic (exact) mass is 223 g/mol. The third kappa shape index (κ3) is 3.23. The van der Waals surface area contributed by atoms with Gasteiger partial charge in [0, 0.05) is 19.0 Å². The maximum atomic E-state index is 10.7. The molecule has 0 spiro atoms. The number of amides is 1. The summed E-state index contributed by atoms with van der Waals surface area (Å²) in [5.41, 5.74) is 6.28. The Morgan fingerprint density at radius 1 is 1.56 bits per heavy atom. The fourth-order valence-corrected chi connectivity index (χ4v) is 1.27. The highest BCUT2D eigenvalue weighted by Gasteiger charge is 2.12. The number of aryl methyl sites for hydroxylation is 1. The molecule has 1 aromatic carbocycles. The van der Waals surface area contributed by atoms with Gasteiger partial charge in [0.2, 0.25) is 5.91 Å². The first-order valence-corrected chi connectivity index (χ1v) is 4.78. The van der Waals surface area contributed by atoms with Crippen molar-refractivity contribution in [2.75, 3.05) is 11.9 Å². The predicted octanol–water partition coefficient (Wildman–Crippen LogP) is 1.19. The molecule has 0 radical (unpaired) electrons. The van der Waals surface area contributed by atoms with E-state index in [9.17, 15) is 14.9 Å². The number of nitrogens with one attached hydrogen (secondary N) is 1. The molecule has 0 unspecified atom stereocenters. The van der Waals surface area contributed by atoms with Crippen LogP contribution in [0, 0.1) is 17.0 Å². The summed E-state index contributed by atoms with van der Waals surface area (Å²) in [7, 11) is 0. The Labute approximate surface area is 92.6 Å². The van der Waals surface area contributed by atoms with Crippen molar-refractivity contribution in [2.24, 2.45) is 5.73 Å². The van der Waals surface area contributed by atoms with Crippen LogP contribution in [0.3, 0.4) is 0 Å². The number of anilines is 1. The van der Waals surface area contributed by atoms with Crippen LogP contribution < -0.4 is 11.1 Å². The lowest BCUT2D eigenvalue weighted by Crippen LogP contribution is -2.16. The second-order valence-electron chi connectivity index (χ2n) is 3.42. The summed E-state index contributed by atoms with van der Waals surface area (Å²) in [6, 6.07) is 4.76. The van der Waals surface area contributed by atoms with Crippen molar-refractivity contribution in [3.63, 3.8) is 0 Å². The van der Waals surface area contributed by atoms with E-state index in [4.69, 9.17) is 5.73 Å². The van der Waals surface area contributed by atoms with Crippen molar-refractivity contribution >= 4 is 17.3 Å². The Hall–Kier alpha value is -2.11. The van der Waals surface area contributed by atoms with E-state index in [1.807, 2.05) is 6.92 Å². The second kappa shape index (κ2) is 5.11. The summed E-state index contributed by atoms with van der Waals surface area (Å²) in [6.45, 7) is 2.13. The zero-order valence-corrected chi connectivity index (χ0v) is 8.90. The van der Waals surface area contributed by atoms with Crippen LogP contribution >= 0.6 is 0 Å². The van der Waals surface area contributed by atoms with Crippen molar-refractivity contribution in [3.05, 3.63) is 33.9 Å². The van der Waals surface area contributed by atoms with Crippen LogP contribution in [0.25, 0.3) is 0 Å². The van der Waals surface area contributed by atoms with Crippen LogP contribution in [0.2, 0.25) is 0 Å². The van der Waals surface area contributed by atoms with Gasteiger partial charge in [0.15, 0.2) is 0 Å². The molecule has 0 heterocycles. The topological polar surface area (TPSA) is 98.3 Å². The summed E-state index contributed by atoms with van der Waals surface area (Å²) < 4.78 is 0. The Balaban J connectivity index is 2.80. The Bertz CT molecular complexity index is 418. The van der Waals surface area contributed by atoms with Gasteiger partial charge >= 0.3 is 0 Å². The van der Waals surface area contributed by atoms with Crippen molar-refractivity contribution in [1.82, 2.24) is 0 Å². The Morgan fingerprint density at radius 3 is 2.81 bits per heavy atom. The van der Waals surface area contributed by atoms with Crippen LogP contribution in [-0.2, 0) is 4.79 Å². The molecule has 1 amide bonds. The zero-order chi connectivity index (χ0) is 12.1. The smallest absolute Gasteiger partial charge is 0.292 e. The van der Waals surface area contributed by atoms with E-state index in [-0.39, 0.29) is 12.1 Å². The quantitative estimate of drug-likeness (QED) is 0.578. The number of hydrogen-bond acceptors (Lipinski definition) is 4. The first-order valence-electron chi connectivity index (χ1n) is 4.78. The van der Waals surface area contributed by atoms with Gasteiger partial charge in [0.25, 0.3) is 5.69 Å². The fraction of sp³-hybridized carbons (Fsp3) is 0.300. The lowest BCUT2D eigenvalue weighted by molar-refractivity contribution is -0.384. The van der Waals surface area contributed by atoms with Crippen LogP contribution in [0.4, 0.5) is 11.4 Å². The number of carbonyl (C=O) groups excluding carboxylic acids is 1. The Kier molecular flexibility index (Phi) is 3.82. The average Bonchev–Trinajstić information content (AvgIpc) is 2.16. The molecule has 6 nitrogen and oxygen atoms in total. The van der Waals surface area contributed by atoms with E-state index < -0.39 is 10.8 Å². The summed E-state index contributed by atoms with van der Waals surface area (Å²) in [5, 5.41) is 13.5. The molecule has 0 aliphatic carbocycles. The van der Waals surface area contributed by atoms with Gasteiger partial charge in [-0.2, -0.15) is 0 Å². The van der Waals surface area contributed by atoms with Gasteiger partial charge in [-0.3, -0.25) is 14.9 Å². The SMILES string of the molecule is Cc1ccc([N+](=O)[O-])c(NCCC(N)=O)c1. The van der Waals surface area contributed by atoms with Crippen molar-refractivity contribution < 1.29 is 9.72 Å². The van der Waals surface area contributed by atoms with Crippen molar-refractivity contribution in [1.29, 1.82) is 0 Å². The largest absolute Gasteiger partial charge is 0.379 e. The number of nitrogens with zero attached hydrogens (tertiary/aromatic N) is 1. The van der Waals surface area contributed by atoms with Crippen LogP contribution in [0.15, 0.2) is 18.2 Å². The van der Waals surface area contributed by atoms with Gasteiger partial charge in [-0.15, -0.1) is 0 Å². The van der Waals surface area contributed by atoms with Crippen LogP contribution in [0.5, 0.6) is 0 Å². The number of nitrogens with two attached hydrogens (primary N) is 1. The lowest BCUT2D eigenvalue weighted by atomic mass is 10.2. The van der Waals surface area contributed by atoms with Crippen molar-refractivity contribution in [2.45, 2.75) is 13.3 Å². The number of rotatable bonds is 5. The maximum Gasteiger partial charge on any atom is 0.292 e. The molecule has 86 valence electrons. The molecule has 0 aliphatic heterocycles. The normalized spacial score (nSPS) is 9.81. The number of carbonyl (C=O) groups is 1. The molecule has 0 fully saturated rings. The Morgan fingerprint density at radius 2 is 2.25 bits per heavy atom. The van der Waals surface area contributed by atoms with E-state index in [0.29, 0.717) is 12.2 Å². The molecule has 0 aromatic heterocycles. The van der Waals surface area contributed by atoms with Crippen LogP contribution in [-0.4, -0.2) is 17.4 Å². The number of primary amides is 1. The third-order valence-corrected chi connectivity index (χ3v) is 2.04. The van der Waals surface area contributed by atoms with E-state index in [1.54, 1.807) is 12.1 Å². The first-order chi connectivity index (χ1) is 7.50. The average molecular weight is 223 g/mol. The molecule has 1 aromatic rings. The highest BCUT2D eigenvalue weighted by atomic mass is 16.6. The number of nitro benzene ring substituents is 1. The summed E-state index contributed by atoms with van der Waals surface area (Å²) in [4.78, 5) is 20.8. The van der Waals surface area contributed by atoms with E-state index >= 15 is 0 Å².